The lowest BCUT2D eigenvalue weighted by atomic mass is 9.99. The molecule has 190 valence electrons. The summed E-state index contributed by atoms with van der Waals surface area (Å²) in [6.45, 7) is 3.69. The fourth-order valence-electron chi connectivity index (χ4n) is 4.73. The summed E-state index contributed by atoms with van der Waals surface area (Å²) < 4.78 is 5.51. The van der Waals surface area contributed by atoms with Gasteiger partial charge in [0.2, 0.25) is 0 Å². The summed E-state index contributed by atoms with van der Waals surface area (Å²) in [6, 6.07) is 16.2. The predicted molar refractivity (Wildman–Crippen MR) is 150 cm³/mol. The highest BCUT2D eigenvalue weighted by Gasteiger charge is 2.22. The summed E-state index contributed by atoms with van der Waals surface area (Å²) >= 11 is 6.19. The smallest absolute Gasteiger partial charge is 0.132 e. The van der Waals surface area contributed by atoms with Crippen molar-refractivity contribution in [1.82, 2.24) is 15.0 Å². The van der Waals surface area contributed by atoms with Gasteiger partial charge < -0.3 is 20.7 Å². The maximum absolute atomic E-state index is 7.74. The summed E-state index contributed by atoms with van der Waals surface area (Å²) in [5.41, 5.74) is 9.28. The molecule has 0 atom stereocenters. The van der Waals surface area contributed by atoms with Crippen LogP contribution in [0.3, 0.4) is 0 Å². The molecule has 4 N–H and O–H groups in total. The number of ether oxygens (including phenoxy) is 1. The number of anilines is 2. The minimum absolute atomic E-state index is 0.0148. The zero-order valence-corrected chi connectivity index (χ0v) is 21.7. The van der Waals surface area contributed by atoms with Crippen molar-refractivity contribution in [3.05, 3.63) is 71.3 Å². The summed E-state index contributed by atoms with van der Waals surface area (Å²) in [6.07, 6.45) is 4.46. The number of halogens is 1. The predicted octanol–water partition coefficient (Wildman–Crippen LogP) is 5.28. The molecule has 37 heavy (non-hydrogen) atoms. The van der Waals surface area contributed by atoms with Crippen molar-refractivity contribution in [2.24, 2.45) is 5.73 Å². The van der Waals surface area contributed by atoms with Crippen molar-refractivity contribution in [2.75, 3.05) is 30.4 Å². The number of piperidine rings is 1. The summed E-state index contributed by atoms with van der Waals surface area (Å²) in [5.74, 6) is 2.39. The standard InChI is InChI=1S/C28H30ClN7O/c1-3-26-32-9-6-23(34-26)18-12-17-4-5-21(37-2)16-22(17)24(13-18)33-20-7-10-36(11-8-20)27-15-19(28(30)31)14-25(29)35-27/h4-6,9,12-16,20,33H,3,7-8,10-11H2,1-2H3,(H3,30,31). The van der Waals surface area contributed by atoms with Crippen LogP contribution in [0, 0.1) is 5.41 Å². The van der Waals surface area contributed by atoms with Gasteiger partial charge in [-0.15, -0.1) is 0 Å². The molecule has 9 heteroatoms. The van der Waals surface area contributed by atoms with Crippen molar-refractivity contribution in [3.8, 4) is 17.0 Å². The van der Waals surface area contributed by atoms with E-state index in [1.165, 1.54) is 0 Å². The Morgan fingerprint density at radius 2 is 1.95 bits per heavy atom. The fraction of sp³-hybridized carbons (Fsp3) is 0.286. The van der Waals surface area contributed by atoms with Crippen LogP contribution in [0.1, 0.15) is 31.2 Å². The van der Waals surface area contributed by atoms with E-state index in [1.54, 1.807) is 13.2 Å². The van der Waals surface area contributed by atoms with Crippen LogP contribution < -0.4 is 20.7 Å². The first-order valence-electron chi connectivity index (χ1n) is 12.4. The van der Waals surface area contributed by atoms with Gasteiger partial charge in [-0.25, -0.2) is 15.0 Å². The fourth-order valence-corrected chi connectivity index (χ4v) is 4.94. The maximum Gasteiger partial charge on any atom is 0.132 e. The first kappa shape index (κ1) is 24.8. The second-order valence-electron chi connectivity index (χ2n) is 9.18. The third-order valence-electron chi connectivity index (χ3n) is 6.75. The molecule has 2 aromatic heterocycles. The SMILES string of the molecule is CCc1nccc(-c2cc(NC3CCN(c4cc(C(=N)N)cc(Cl)n4)CC3)c3cc(OC)ccc3c2)n1. The molecule has 4 aromatic rings. The van der Waals surface area contributed by atoms with Crippen LogP contribution in [-0.2, 0) is 6.42 Å². The molecule has 0 unspecified atom stereocenters. The average molecular weight is 516 g/mol. The molecule has 0 aliphatic carbocycles. The van der Waals surface area contributed by atoms with Gasteiger partial charge >= 0.3 is 0 Å². The number of fused-ring (bicyclic) bond motifs is 1. The van der Waals surface area contributed by atoms with Crippen LogP contribution in [0.25, 0.3) is 22.0 Å². The van der Waals surface area contributed by atoms with Gasteiger partial charge in [-0.05, 0) is 60.7 Å². The molecule has 0 amide bonds. The molecule has 1 saturated heterocycles. The third kappa shape index (κ3) is 5.44. The number of nitrogens with two attached hydrogens (primary N) is 1. The lowest BCUT2D eigenvalue weighted by molar-refractivity contribution is 0.415. The quantitative estimate of drug-likeness (QED) is 0.174. The van der Waals surface area contributed by atoms with Gasteiger partial charge in [0, 0.05) is 53.9 Å². The van der Waals surface area contributed by atoms with E-state index in [2.05, 4.69) is 51.4 Å². The van der Waals surface area contributed by atoms with E-state index in [1.807, 2.05) is 24.4 Å². The van der Waals surface area contributed by atoms with E-state index in [4.69, 9.17) is 32.5 Å². The van der Waals surface area contributed by atoms with E-state index < -0.39 is 0 Å². The first-order valence-corrected chi connectivity index (χ1v) is 12.8. The van der Waals surface area contributed by atoms with E-state index >= 15 is 0 Å². The summed E-state index contributed by atoms with van der Waals surface area (Å²) in [7, 11) is 1.69. The zero-order valence-electron chi connectivity index (χ0n) is 21.0. The lowest BCUT2D eigenvalue weighted by Gasteiger charge is -2.34. The first-order chi connectivity index (χ1) is 17.9. The largest absolute Gasteiger partial charge is 0.497 e. The Labute approximate surface area is 221 Å². The second kappa shape index (κ2) is 10.6. The van der Waals surface area contributed by atoms with E-state index in [0.717, 1.165) is 77.5 Å². The van der Waals surface area contributed by atoms with E-state index in [0.29, 0.717) is 10.7 Å². The molecular formula is C28H30ClN7O. The van der Waals surface area contributed by atoms with Gasteiger partial charge in [0.15, 0.2) is 0 Å². The second-order valence-corrected chi connectivity index (χ2v) is 9.57. The minimum atomic E-state index is -0.0148. The molecule has 0 radical (unpaired) electrons. The normalized spacial score (nSPS) is 14.1. The lowest BCUT2D eigenvalue weighted by Crippen LogP contribution is -2.39. The number of hydrogen-bond donors (Lipinski definition) is 3. The number of benzene rings is 2. The van der Waals surface area contributed by atoms with Crippen molar-refractivity contribution in [2.45, 2.75) is 32.2 Å². The van der Waals surface area contributed by atoms with E-state index in [9.17, 15) is 0 Å². The molecule has 0 saturated carbocycles. The highest BCUT2D eigenvalue weighted by Crippen LogP contribution is 2.34. The number of aryl methyl sites for hydroxylation is 1. The van der Waals surface area contributed by atoms with E-state index in [-0.39, 0.29) is 11.9 Å². The third-order valence-corrected chi connectivity index (χ3v) is 6.94. The molecule has 3 heterocycles. The average Bonchev–Trinajstić information content (AvgIpc) is 2.92. The van der Waals surface area contributed by atoms with Gasteiger partial charge in [-0.3, -0.25) is 5.41 Å². The van der Waals surface area contributed by atoms with Crippen molar-refractivity contribution in [3.63, 3.8) is 0 Å². The molecule has 0 bridgehead atoms. The van der Waals surface area contributed by atoms with Gasteiger partial charge in [0.1, 0.15) is 28.4 Å². The van der Waals surface area contributed by atoms with Gasteiger partial charge in [0.05, 0.1) is 12.8 Å². The van der Waals surface area contributed by atoms with Gasteiger partial charge in [-0.1, -0.05) is 24.6 Å². The van der Waals surface area contributed by atoms with Crippen LogP contribution >= 0.6 is 11.6 Å². The van der Waals surface area contributed by atoms with Crippen LogP contribution in [0.5, 0.6) is 5.75 Å². The van der Waals surface area contributed by atoms with Crippen LogP contribution in [0.2, 0.25) is 5.15 Å². The molecule has 5 rings (SSSR count). The molecule has 8 nitrogen and oxygen atoms in total. The molecule has 1 fully saturated rings. The van der Waals surface area contributed by atoms with Gasteiger partial charge in [0.25, 0.3) is 0 Å². The Balaban J connectivity index is 1.41. The van der Waals surface area contributed by atoms with Crippen LogP contribution in [0.15, 0.2) is 54.7 Å². The Bertz CT molecular complexity index is 1450. The number of hydrogen-bond acceptors (Lipinski definition) is 7. The van der Waals surface area contributed by atoms with Crippen molar-refractivity contribution < 1.29 is 4.74 Å². The summed E-state index contributed by atoms with van der Waals surface area (Å²) in [4.78, 5) is 15.8. The van der Waals surface area contributed by atoms with Crippen molar-refractivity contribution >= 4 is 39.7 Å². The molecule has 1 aliphatic rings. The van der Waals surface area contributed by atoms with Gasteiger partial charge in [-0.2, -0.15) is 0 Å². The number of nitrogens with zero attached hydrogens (tertiary/aromatic N) is 4. The molecule has 1 aliphatic heterocycles. The number of amidine groups is 1. The Hall–Kier alpha value is -3.91. The number of rotatable bonds is 7. The molecule has 2 aromatic carbocycles. The number of methoxy groups -OCH3 is 1. The maximum atomic E-state index is 7.74. The number of nitrogen functional groups attached to an aromatic ring is 1. The van der Waals surface area contributed by atoms with Crippen LogP contribution in [0.4, 0.5) is 11.5 Å². The highest BCUT2D eigenvalue weighted by molar-refractivity contribution is 6.30. The summed E-state index contributed by atoms with van der Waals surface area (Å²) in [5, 5.41) is 14.1. The molecule has 0 spiro atoms. The topological polar surface area (TPSA) is 113 Å². The van der Waals surface area contributed by atoms with Crippen LogP contribution in [-0.4, -0.2) is 47.0 Å². The Morgan fingerprint density at radius 1 is 1.14 bits per heavy atom. The molecular weight excluding hydrogens is 486 g/mol. The zero-order chi connectivity index (χ0) is 25.9. The van der Waals surface area contributed by atoms with Crippen molar-refractivity contribution in [1.29, 1.82) is 5.41 Å². The number of aromatic nitrogens is 3. The Morgan fingerprint density at radius 3 is 2.68 bits per heavy atom. The monoisotopic (exact) mass is 515 g/mol. The number of nitrogens with one attached hydrogen (secondary N) is 2. The highest BCUT2D eigenvalue weighted by atomic mass is 35.5. The number of pyridine rings is 1. The Kier molecular flexibility index (Phi) is 7.10. The minimum Gasteiger partial charge on any atom is -0.497 e.